The number of furan rings is 1. The highest BCUT2D eigenvalue weighted by Crippen LogP contribution is 2.39. The summed E-state index contributed by atoms with van der Waals surface area (Å²) in [5, 5.41) is 11.3. The van der Waals surface area contributed by atoms with Crippen LogP contribution in [0.15, 0.2) is 53.2 Å². The molecule has 2 aromatic carbocycles. The Bertz CT molecular complexity index is 1230. The maximum Gasteiger partial charge on any atom is 0.387 e. The second-order valence-corrected chi connectivity index (χ2v) is 6.68. The van der Waals surface area contributed by atoms with Gasteiger partial charge in [0.25, 0.3) is 5.91 Å². The zero-order valence-electron chi connectivity index (χ0n) is 14.3. The minimum absolute atomic E-state index is 0.0296. The molecule has 0 unspecified atom stereocenters. The number of pyridine rings is 1. The van der Waals surface area contributed by atoms with Crippen LogP contribution in [0.4, 0.5) is 14.5 Å². The summed E-state index contributed by atoms with van der Waals surface area (Å²) >= 11 is 12.0. The minimum atomic E-state index is -3.09. The van der Waals surface area contributed by atoms with E-state index >= 15 is 0 Å². The lowest BCUT2D eigenvalue weighted by Gasteiger charge is -2.18. The highest BCUT2D eigenvalue weighted by Gasteiger charge is 2.27. The number of para-hydroxylation sites is 1. The Hall–Kier alpha value is -2.94. The fraction of sp³-hybridized carbons (Fsp3) is 0.0526. The number of carbonyl (C=O) groups is 1. The predicted molar refractivity (Wildman–Crippen MR) is 103 cm³/mol. The van der Waals surface area contributed by atoms with Gasteiger partial charge in [-0.3, -0.25) is 15.0 Å². The van der Waals surface area contributed by atoms with E-state index in [0.29, 0.717) is 11.0 Å². The number of benzene rings is 2. The van der Waals surface area contributed by atoms with E-state index < -0.39 is 12.5 Å². The lowest BCUT2D eigenvalue weighted by molar-refractivity contribution is -0.0493. The van der Waals surface area contributed by atoms with Crippen molar-refractivity contribution in [1.82, 2.24) is 4.98 Å². The lowest BCUT2D eigenvalue weighted by atomic mass is 10.0. The minimum Gasteiger partial charge on any atom is -0.452 e. The number of carbonyl (C=O) groups excluding carboxylic acids is 1. The zero-order valence-corrected chi connectivity index (χ0v) is 15.8. The number of alkyl halides is 2. The number of aromatic nitrogens is 1. The van der Waals surface area contributed by atoms with E-state index in [4.69, 9.17) is 27.6 Å². The summed E-state index contributed by atoms with van der Waals surface area (Å²) < 4.78 is 35.7. The van der Waals surface area contributed by atoms with Gasteiger partial charge in [0.2, 0.25) is 0 Å². The molecule has 0 radical (unpaired) electrons. The molecule has 1 amide bonds. The molecule has 4 aromatic rings. The van der Waals surface area contributed by atoms with Crippen molar-refractivity contribution in [3.8, 4) is 5.75 Å². The normalized spacial score (nSPS) is 11.4. The molecule has 148 valence electrons. The molecule has 0 spiro atoms. The number of amides is 1. The Balaban J connectivity index is 1.93. The molecular formula is C19H10Cl2F2N2O4. The van der Waals surface area contributed by atoms with E-state index in [1.165, 1.54) is 18.5 Å². The molecule has 2 aromatic heterocycles. The van der Waals surface area contributed by atoms with Gasteiger partial charge in [0.05, 0.1) is 15.6 Å². The van der Waals surface area contributed by atoms with Crippen LogP contribution in [-0.4, -0.2) is 22.7 Å². The number of anilines is 1. The van der Waals surface area contributed by atoms with Crippen LogP contribution in [0, 0.1) is 0 Å². The molecule has 1 N–H and O–H groups in total. The van der Waals surface area contributed by atoms with Crippen LogP contribution >= 0.6 is 23.2 Å². The van der Waals surface area contributed by atoms with Crippen LogP contribution in [0.1, 0.15) is 10.4 Å². The number of fused-ring (bicyclic) bond motifs is 3. The Labute approximate surface area is 171 Å². The number of hydroxylamine groups is 1. The van der Waals surface area contributed by atoms with Crippen molar-refractivity contribution >= 4 is 56.7 Å². The van der Waals surface area contributed by atoms with Crippen molar-refractivity contribution in [2.45, 2.75) is 6.61 Å². The van der Waals surface area contributed by atoms with Gasteiger partial charge in [-0.2, -0.15) is 13.8 Å². The third-order valence-corrected chi connectivity index (χ3v) is 4.72. The van der Waals surface area contributed by atoms with E-state index in [2.05, 4.69) is 9.72 Å². The Morgan fingerprint density at radius 1 is 1.14 bits per heavy atom. The zero-order chi connectivity index (χ0) is 20.7. The quantitative estimate of drug-likeness (QED) is 0.315. The topological polar surface area (TPSA) is 75.8 Å². The third kappa shape index (κ3) is 3.35. The molecule has 0 saturated carbocycles. The molecule has 29 heavy (non-hydrogen) atoms. The number of nitrogens with zero attached hydrogens (tertiary/aromatic N) is 2. The molecule has 0 aliphatic heterocycles. The Morgan fingerprint density at radius 3 is 2.52 bits per heavy atom. The van der Waals surface area contributed by atoms with Crippen molar-refractivity contribution < 1.29 is 27.9 Å². The molecular weight excluding hydrogens is 429 g/mol. The summed E-state index contributed by atoms with van der Waals surface area (Å²) in [5.74, 6) is -1.15. The highest BCUT2D eigenvalue weighted by atomic mass is 35.5. The van der Waals surface area contributed by atoms with Crippen LogP contribution in [0.5, 0.6) is 5.75 Å². The van der Waals surface area contributed by atoms with Crippen molar-refractivity contribution in [3.63, 3.8) is 0 Å². The molecule has 10 heteroatoms. The maximum absolute atomic E-state index is 13.0. The maximum atomic E-state index is 13.0. The highest BCUT2D eigenvalue weighted by molar-refractivity contribution is 6.40. The van der Waals surface area contributed by atoms with Crippen molar-refractivity contribution in [1.29, 1.82) is 0 Å². The molecule has 6 nitrogen and oxygen atoms in total. The standard InChI is InChI=1S/C19H10Cl2F2N2O4/c20-11-7-24-8-12(21)16(11)25(27)18(26)10-5-6-14(29-19(22)23)17-15(10)9-3-1-2-4-13(9)28-17/h1-8,19,27H. The summed E-state index contributed by atoms with van der Waals surface area (Å²) in [7, 11) is 0. The van der Waals surface area contributed by atoms with Crippen molar-refractivity contribution in [2.24, 2.45) is 0 Å². The van der Waals surface area contributed by atoms with Gasteiger partial charge in [0.1, 0.15) is 11.3 Å². The first-order chi connectivity index (χ1) is 13.9. The molecule has 0 aliphatic carbocycles. The number of rotatable bonds is 4. The molecule has 4 rings (SSSR count). The molecule has 0 atom stereocenters. The summed E-state index contributed by atoms with van der Waals surface area (Å²) in [5.41, 5.74) is 0.101. The summed E-state index contributed by atoms with van der Waals surface area (Å²) in [6.07, 6.45) is 2.42. The van der Waals surface area contributed by atoms with E-state index in [1.807, 2.05) is 0 Å². The van der Waals surface area contributed by atoms with Crippen LogP contribution in [0.25, 0.3) is 21.9 Å². The molecule has 0 bridgehead atoms. The second kappa shape index (κ2) is 7.47. The van der Waals surface area contributed by atoms with Crippen molar-refractivity contribution in [3.05, 3.63) is 64.4 Å². The van der Waals surface area contributed by atoms with E-state index in [-0.39, 0.29) is 43.1 Å². The van der Waals surface area contributed by atoms with E-state index in [9.17, 15) is 18.8 Å². The van der Waals surface area contributed by atoms with Crippen molar-refractivity contribution in [2.75, 3.05) is 5.06 Å². The monoisotopic (exact) mass is 438 g/mol. The van der Waals surface area contributed by atoms with Gasteiger partial charge in [0.15, 0.2) is 11.3 Å². The fourth-order valence-corrected chi connectivity index (χ4v) is 3.52. The number of ether oxygens (including phenoxy) is 1. The van der Waals surface area contributed by atoms with Crippen LogP contribution in [0.2, 0.25) is 10.0 Å². The number of hydrogen-bond donors (Lipinski definition) is 1. The predicted octanol–water partition coefficient (Wildman–Crippen LogP) is 5.93. The Morgan fingerprint density at radius 2 is 1.83 bits per heavy atom. The van der Waals surface area contributed by atoms with Gasteiger partial charge in [-0.25, -0.2) is 0 Å². The summed E-state index contributed by atoms with van der Waals surface area (Å²) in [6.45, 7) is -3.09. The number of hydrogen-bond acceptors (Lipinski definition) is 5. The first-order valence-electron chi connectivity index (χ1n) is 8.10. The molecule has 0 saturated heterocycles. The average Bonchev–Trinajstić information content (AvgIpc) is 3.07. The van der Waals surface area contributed by atoms with Gasteiger partial charge in [-0.1, -0.05) is 41.4 Å². The second-order valence-electron chi connectivity index (χ2n) is 5.86. The molecule has 2 heterocycles. The van der Waals surface area contributed by atoms with Crippen LogP contribution in [0.3, 0.4) is 0 Å². The Kier molecular flexibility index (Phi) is 4.99. The first-order valence-corrected chi connectivity index (χ1v) is 8.85. The third-order valence-electron chi connectivity index (χ3n) is 4.17. The average molecular weight is 439 g/mol. The van der Waals surface area contributed by atoms with Gasteiger partial charge in [-0.05, 0) is 18.2 Å². The van der Waals surface area contributed by atoms with Crippen LogP contribution < -0.4 is 9.80 Å². The fourth-order valence-electron chi connectivity index (χ4n) is 2.99. The smallest absolute Gasteiger partial charge is 0.387 e. The van der Waals surface area contributed by atoms with E-state index in [0.717, 1.165) is 6.07 Å². The van der Waals surface area contributed by atoms with Gasteiger partial charge in [-0.15, -0.1) is 0 Å². The number of halogens is 4. The first kappa shape index (κ1) is 19.4. The van der Waals surface area contributed by atoms with Gasteiger partial charge in [0, 0.05) is 23.2 Å². The SMILES string of the molecule is O=C(c1ccc(OC(F)F)c2oc3ccccc3c12)N(O)c1c(Cl)cncc1Cl. The largest absolute Gasteiger partial charge is 0.452 e. The van der Waals surface area contributed by atoms with Gasteiger partial charge >= 0.3 is 6.61 Å². The van der Waals surface area contributed by atoms with Gasteiger partial charge < -0.3 is 9.15 Å². The van der Waals surface area contributed by atoms with E-state index in [1.54, 1.807) is 24.3 Å². The lowest BCUT2D eigenvalue weighted by Crippen LogP contribution is -2.28. The summed E-state index contributed by atoms with van der Waals surface area (Å²) in [6, 6.07) is 9.06. The van der Waals surface area contributed by atoms with Crippen LogP contribution in [-0.2, 0) is 0 Å². The molecule has 0 aliphatic rings. The summed E-state index contributed by atoms with van der Waals surface area (Å²) in [4.78, 5) is 16.8. The molecule has 0 fully saturated rings.